The normalized spacial score (nSPS) is 10.7. The first-order valence-electron chi connectivity index (χ1n) is 5.49. The van der Waals surface area contributed by atoms with Gasteiger partial charge in [0.2, 0.25) is 0 Å². The molecule has 1 amide bonds. The van der Waals surface area contributed by atoms with Crippen molar-refractivity contribution in [1.29, 1.82) is 0 Å². The van der Waals surface area contributed by atoms with Crippen LogP contribution < -0.4 is 5.43 Å². The summed E-state index contributed by atoms with van der Waals surface area (Å²) < 4.78 is 1.67. The molecule has 7 heteroatoms. The van der Waals surface area contributed by atoms with Crippen molar-refractivity contribution in [3.05, 3.63) is 55.8 Å². The number of hydrazone groups is 1. The minimum Gasteiger partial charge on any atom is -0.507 e. The first-order chi connectivity index (χ1) is 9.56. The smallest absolute Gasteiger partial charge is 0.272 e. The summed E-state index contributed by atoms with van der Waals surface area (Å²) in [7, 11) is 0. The Kier molecular flexibility index (Phi) is 5.07. The molecule has 0 aliphatic rings. The van der Waals surface area contributed by atoms with Gasteiger partial charge in [0.25, 0.3) is 5.91 Å². The summed E-state index contributed by atoms with van der Waals surface area (Å²) in [5.41, 5.74) is 3.30. The molecule has 20 heavy (non-hydrogen) atoms. The van der Waals surface area contributed by atoms with Crippen LogP contribution in [0.5, 0.6) is 5.75 Å². The lowest BCUT2D eigenvalue weighted by molar-refractivity contribution is 0.0954. The van der Waals surface area contributed by atoms with Gasteiger partial charge in [-0.3, -0.25) is 9.78 Å². The maximum atomic E-state index is 11.8. The molecule has 0 aliphatic heterocycles. The molecule has 1 aromatic carbocycles. The average Bonchev–Trinajstić information content (AvgIpc) is 2.42. The summed E-state index contributed by atoms with van der Waals surface area (Å²) in [5, 5.41) is 13.4. The fourth-order valence-electron chi connectivity index (χ4n) is 1.39. The summed E-state index contributed by atoms with van der Waals surface area (Å²) in [6.45, 7) is 0. The van der Waals surface area contributed by atoms with E-state index in [2.05, 4.69) is 54.0 Å². The molecule has 0 aliphatic carbocycles. The van der Waals surface area contributed by atoms with Crippen LogP contribution in [-0.2, 0) is 0 Å². The number of aromatic nitrogens is 1. The maximum Gasteiger partial charge on any atom is 0.272 e. The van der Waals surface area contributed by atoms with Crippen LogP contribution in [0.25, 0.3) is 0 Å². The number of phenolic OH excluding ortho intramolecular Hbond substituents is 1. The number of hydrogen-bond acceptors (Lipinski definition) is 4. The van der Waals surface area contributed by atoms with E-state index in [0.29, 0.717) is 15.6 Å². The molecule has 2 rings (SSSR count). The van der Waals surface area contributed by atoms with E-state index in [1.807, 2.05) is 0 Å². The molecular formula is C13H9BrIN3O2. The van der Waals surface area contributed by atoms with Gasteiger partial charge in [-0.05, 0) is 62.8 Å². The number of hydrogen-bond donors (Lipinski definition) is 2. The molecule has 0 atom stereocenters. The molecular weight excluding hydrogens is 437 g/mol. The Labute approximate surface area is 137 Å². The minimum absolute atomic E-state index is 0.104. The summed E-state index contributed by atoms with van der Waals surface area (Å²) in [6, 6.07) is 6.75. The van der Waals surface area contributed by atoms with Gasteiger partial charge in [-0.15, -0.1) is 0 Å². The molecule has 102 valence electrons. The number of halogens is 2. The van der Waals surface area contributed by atoms with E-state index in [0.717, 1.165) is 3.57 Å². The largest absolute Gasteiger partial charge is 0.507 e. The zero-order valence-electron chi connectivity index (χ0n) is 10.0. The highest BCUT2D eigenvalue weighted by Crippen LogP contribution is 2.17. The molecule has 1 aromatic heterocycles. The van der Waals surface area contributed by atoms with Crippen LogP contribution >= 0.6 is 38.5 Å². The number of nitrogens with zero attached hydrogens (tertiary/aromatic N) is 2. The lowest BCUT2D eigenvalue weighted by Gasteiger charge is -2.01. The highest BCUT2D eigenvalue weighted by atomic mass is 127. The van der Waals surface area contributed by atoms with E-state index in [4.69, 9.17) is 0 Å². The topological polar surface area (TPSA) is 74.6 Å². The molecule has 2 aromatic rings. The number of amides is 1. The zero-order chi connectivity index (χ0) is 14.5. The predicted octanol–water partition coefficient (Wildman–Crippen LogP) is 2.92. The second-order valence-electron chi connectivity index (χ2n) is 3.79. The van der Waals surface area contributed by atoms with E-state index < -0.39 is 0 Å². The number of carbonyl (C=O) groups excluding carboxylic acids is 1. The number of carbonyl (C=O) groups is 1. The first-order valence-corrected chi connectivity index (χ1v) is 7.36. The fraction of sp³-hybridized carbons (Fsp3) is 0. The van der Waals surface area contributed by atoms with E-state index in [-0.39, 0.29) is 11.7 Å². The summed E-state index contributed by atoms with van der Waals surface area (Å²) in [6.07, 6.45) is 4.42. The van der Waals surface area contributed by atoms with Gasteiger partial charge >= 0.3 is 0 Å². The van der Waals surface area contributed by atoms with E-state index in [9.17, 15) is 9.90 Å². The van der Waals surface area contributed by atoms with Crippen molar-refractivity contribution in [3.63, 3.8) is 0 Å². The number of benzene rings is 1. The van der Waals surface area contributed by atoms with Crippen LogP contribution in [0.15, 0.2) is 46.2 Å². The van der Waals surface area contributed by atoms with Gasteiger partial charge in [0, 0.05) is 26.0 Å². The summed E-state index contributed by atoms with van der Waals surface area (Å²) in [4.78, 5) is 15.7. The third-order valence-corrected chi connectivity index (χ3v) is 3.43. The molecule has 0 saturated heterocycles. The molecule has 5 nitrogen and oxygen atoms in total. The number of rotatable bonds is 3. The van der Waals surface area contributed by atoms with Crippen LogP contribution in [0.4, 0.5) is 0 Å². The van der Waals surface area contributed by atoms with Gasteiger partial charge < -0.3 is 5.11 Å². The molecule has 0 saturated carbocycles. The van der Waals surface area contributed by atoms with Crippen molar-refractivity contribution in [2.24, 2.45) is 5.10 Å². The molecule has 0 bridgehead atoms. The SMILES string of the molecule is O=C(N/N=C\c1cc(I)ccc1O)c1cncc(Br)c1. The third kappa shape index (κ3) is 4.01. The van der Waals surface area contributed by atoms with Gasteiger partial charge in [0.05, 0.1) is 11.8 Å². The third-order valence-electron chi connectivity index (χ3n) is 2.33. The molecule has 0 unspecified atom stereocenters. The van der Waals surface area contributed by atoms with Crippen LogP contribution in [0.1, 0.15) is 15.9 Å². The number of phenols is 1. The Morgan fingerprint density at radius 2 is 2.20 bits per heavy atom. The van der Waals surface area contributed by atoms with Gasteiger partial charge in [-0.2, -0.15) is 5.10 Å². The van der Waals surface area contributed by atoms with Crippen LogP contribution in [0.3, 0.4) is 0 Å². The highest BCUT2D eigenvalue weighted by molar-refractivity contribution is 14.1. The van der Waals surface area contributed by atoms with E-state index in [1.165, 1.54) is 12.4 Å². The van der Waals surface area contributed by atoms with Crippen molar-refractivity contribution in [2.45, 2.75) is 0 Å². The molecule has 0 spiro atoms. The first kappa shape index (κ1) is 14.9. The number of nitrogens with one attached hydrogen (secondary N) is 1. The Balaban J connectivity index is 2.06. The van der Waals surface area contributed by atoms with Crippen molar-refractivity contribution < 1.29 is 9.90 Å². The van der Waals surface area contributed by atoms with Crippen LogP contribution in [0, 0.1) is 3.57 Å². The molecule has 2 N–H and O–H groups in total. The Hall–Kier alpha value is -1.48. The zero-order valence-corrected chi connectivity index (χ0v) is 13.8. The average molecular weight is 446 g/mol. The fourth-order valence-corrected chi connectivity index (χ4v) is 2.27. The Morgan fingerprint density at radius 3 is 2.95 bits per heavy atom. The van der Waals surface area contributed by atoms with Crippen molar-refractivity contribution in [3.8, 4) is 5.75 Å². The van der Waals surface area contributed by atoms with Gasteiger partial charge in [-0.1, -0.05) is 0 Å². The number of pyridine rings is 1. The van der Waals surface area contributed by atoms with Crippen molar-refractivity contribution in [1.82, 2.24) is 10.4 Å². The molecule has 0 fully saturated rings. The Bertz CT molecular complexity index is 676. The second-order valence-corrected chi connectivity index (χ2v) is 5.96. The molecule has 1 heterocycles. The predicted molar refractivity (Wildman–Crippen MR) is 87.8 cm³/mol. The Morgan fingerprint density at radius 1 is 1.40 bits per heavy atom. The van der Waals surface area contributed by atoms with Gasteiger partial charge in [0.1, 0.15) is 5.75 Å². The molecule has 0 radical (unpaired) electrons. The van der Waals surface area contributed by atoms with Gasteiger partial charge in [-0.25, -0.2) is 5.43 Å². The lowest BCUT2D eigenvalue weighted by atomic mass is 10.2. The summed E-state index contributed by atoms with van der Waals surface area (Å²) >= 11 is 5.36. The number of aromatic hydroxyl groups is 1. The van der Waals surface area contributed by atoms with E-state index >= 15 is 0 Å². The quantitative estimate of drug-likeness (QED) is 0.433. The van der Waals surface area contributed by atoms with E-state index in [1.54, 1.807) is 30.5 Å². The van der Waals surface area contributed by atoms with Gasteiger partial charge in [0.15, 0.2) is 0 Å². The van der Waals surface area contributed by atoms with Crippen LogP contribution in [0.2, 0.25) is 0 Å². The maximum absolute atomic E-state index is 11.8. The standard InChI is InChI=1S/C13H9BrIN3O2/c14-10-3-9(5-16-7-10)13(20)18-17-6-8-4-11(15)1-2-12(8)19/h1-7,19H,(H,18,20)/b17-6-. The monoisotopic (exact) mass is 445 g/mol. The van der Waals surface area contributed by atoms with Crippen molar-refractivity contribution in [2.75, 3.05) is 0 Å². The van der Waals surface area contributed by atoms with Crippen molar-refractivity contribution >= 4 is 50.6 Å². The minimum atomic E-state index is -0.375. The summed E-state index contributed by atoms with van der Waals surface area (Å²) in [5.74, 6) is -0.271. The lowest BCUT2D eigenvalue weighted by Crippen LogP contribution is -2.17. The van der Waals surface area contributed by atoms with Crippen LogP contribution in [-0.4, -0.2) is 22.2 Å². The second kappa shape index (κ2) is 6.80. The highest BCUT2D eigenvalue weighted by Gasteiger charge is 2.05.